The van der Waals surface area contributed by atoms with E-state index in [0.717, 1.165) is 5.56 Å². The van der Waals surface area contributed by atoms with Crippen molar-refractivity contribution in [1.29, 1.82) is 0 Å². The van der Waals surface area contributed by atoms with Crippen molar-refractivity contribution in [2.75, 3.05) is 12.4 Å². The molecule has 4 rings (SSSR count). The van der Waals surface area contributed by atoms with E-state index < -0.39 is 15.9 Å². The fourth-order valence-electron chi connectivity index (χ4n) is 3.12. The lowest BCUT2D eigenvalue weighted by molar-refractivity contribution is 0.102. The molecular formula is C24H21N3O5S. The quantitative estimate of drug-likeness (QED) is 0.423. The molecule has 3 aromatic carbocycles. The molecule has 1 amide bonds. The van der Waals surface area contributed by atoms with E-state index in [4.69, 9.17) is 9.15 Å². The molecule has 0 aliphatic rings. The van der Waals surface area contributed by atoms with Gasteiger partial charge >= 0.3 is 0 Å². The van der Waals surface area contributed by atoms with Gasteiger partial charge in [-0.25, -0.2) is 0 Å². The Morgan fingerprint density at radius 1 is 0.970 bits per heavy atom. The lowest BCUT2D eigenvalue weighted by Crippen LogP contribution is -2.27. The van der Waals surface area contributed by atoms with Crippen LogP contribution in [0.4, 0.5) is 5.69 Å². The van der Waals surface area contributed by atoms with Gasteiger partial charge in [0.05, 0.1) is 12.0 Å². The number of aryl methyl sites for hydroxylation is 1. The van der Waals surface area contributed by atoms with Crippen molar-refractivity contribution in [3.8, 4) is 5.75 Å². The molecule has 0 unspecified atom stereocenters. The van der Waals surface area contributed by atoms with Crippen LogP contribution in [0.2, 0.25) is 0 Å². The van der Waals surface area contributed by atoms with Crippen molar-refractivity contribution in [2.45, 2.75) is 11.8 Å². The Bertz CT molecular complexity index is 1480. The average Bonchev–Trinajstić information content (AvgIpc) is 2.82. The van der Waals surface area contributed by atoms with Crippen LogP contribution < -0.4 is 20.4 Å². The molecule has 9 heteroatoms. The molecule has 1 aromatic heterocycles. The molecule has 0 aliphatic carbocycles. The molecule has 8 nitrogen and oxygen atoms in total. The second kappa shape index (κ2) is 9.17. The zero-order valence-corrected chi connectivity index (χ0v) is 18.7. The summed E-state index contributed by atoms with van der Waals surface area (Å²) >= 11 is 0. The molecule has 4 aromatic rings. The maximum atomic E-state index is 13.0. The molecular weight excluding hydrogens is 442 g/mol. The number of ether oxygens (including phenoxy) is 1. The fourth-order valence-corrected chi connectivity index (χ4v) is 3.93. The van der Waals surface area contributed by atoms with Crippen LogP contribution in [-0.4, -0.2) is 21.4 Å². The number of hydrogen-bond donors (Lipinski definition) is 2. The molecule has 0 radical (unpaired) electrons. The second-order valence-electron chi connectivity index (χ2n) is 7.18. The van der Waals surface area contributed by atoms with E-state index in [0.29, 0.717) is 22.4 Å². The van der Waals surface area contributed by atoms with Crippen LogP contribution in [0.15, 0.2) is 93.3 Å². The molecule has 168 valence electrons. The number of anilines is 1. The highest BCUT2D eigenvalue weighted by Gasteiger charge is 2.17. The van der Waals surface area contributed by atoms with Gasteiger partial charge < -0.3 is 14.5 Å². The molecule has 0 fully saturated rings. The van der Waals surface area contributed by atoms with Gasteiger partial charge in [0, 0.05) is 11.1 Å². The number of nitrogens with one attached hydrogen (secondary N) is 2. The maximum Gasteiger partial charge on any atom is 0.276 e. The van der Waals surface area contributed by atoms with Gasteiger partial charge in [-0.1, -0.05) is 48.0 Å². The Morgan fingerprint density at radius 2 is 1.70 bits per heavy atom. The van der Waals surface area contributed by atoms with E-state index >= 15 is 0 Å². The topological polar surface area (TPSA) is 110 Å². The van der Waals surface area contributed by atoms with Gasteiger partial charge in [0.2, 0.25) is 5.55 Å². The molecule has 0 saturated heterocycles. The Morgan fingerprint density at radius 3 is 2.39 bits per heavy atom. The Hall–Kier alpha value is -4.11. The van der Waals surface area contributed by atoms with Gasteiger partial charge in [-0.05, 0) is 43.3 Å². The fraction of sp³-hybridized carbons (Fsp3) is 0.0833. The zero-order valence-electron chi connectivity index (χ0n) is 17.9. The van der Waals surface area contributed by atoms with Crippen molar-refractivity contribution in [3.05, 3.63) is 95.5 Å². The second-order valence-corrected chi connectivity index (χ2v) is 8.84. The average molecular weight is 464 g/mol. The zero-order chi connectivity index (χ0) is 23.4. The largest absolute Gasteiger partial charge is 0.493 e. The molecule has 0 aliphatic heterocycles. The third kappa shape index (κ3) is 4.88. The number of hydrogen-bond acceptors (Lipinski definition) is 6. The Kier molecular flexibility index (Phi) is 6.14. The Labute approximate surface area is 190 Å². The smallest absolute Gasteiger partial charge is 0.276 e. The summed E-state index contributed by atoms with van der Waals surface area (Å²) in [5, 5.41) is 7.29. The van der Waals surface area contributed by atoms with Crippen molar-refractivity contribution >= 4 is 32.6 Å². The van der Waals surface area contributed by atoms with E-state index in [-0.39, 0.29) is 16.0 Å². The van der Waals surface area contributed by atoms with Gasteiger partial charge in [-0.2, -0.15) is 13.2 Å². The first-order valence-electron chi connectivity index (χ1n) is 9.97. The minimum absolute atomic E-state index is 0.0329. The number of carbonyl (C=O) groups excluding carboxylic acids is 1. The molecule has 0 atom stereocenters. The first-order valence-corrected chi connectivity index (χ1v) is 11.5. The van der Waals surface area contributed by atoms with E-state index in [1.807, 2.05) is 13.0 Å². The summed E-state index contributed by atoms with van der Waals surface area (Å²) in [6.07, 6.45) is 0. The highest BCUT2D eigenvalue weighted by atomic mass is 32.2. The van der Waals surface area contributed by atoms with Crippen LogP contribution in [0, 0.1) is 6.92 Å². The Balaban J connectivity index is 1.81. The van der Waals surface area contributed by atoms with Crippen LogP contribution in [0.3, 0.4) is 0 Å². The van der Waals surface area contributed by atoms with Gasteiger partial charge in [0.1, 0.15) is 5.56 Å². The standard InChI is InChI=1S/C24H21N3O5S/c1-16-11-13-19(14-12-16)33(29,30)27-26-24-20(23(28)25-18-8-4-3-5-9-18)15-17-7-6-10-21(31-2)22(17)32-24/h3-15,27H,1-2H3,(H,25,28)/b26-24+. The van der Waals surface area contributed by atoms with Gasteiger partial charge in [-0.3, -0.25) is 4.79 Å². The summed E-state index contributed by atoms with van der Waals surface area (Å²) in [5.74, 6) is -0.0942. The predicted molar refractivity (Wildman–Crippen MR) is 124 cm³/mol. The number of para-hydroxylation sites is 2. The number of benzene rings is 3. The summed E-state index contributed by atoms with van der Waals surface area (Å²) in [5.41, 5.74) is 1.65. The minimum Gasteiger partial charge on any atom is -0.493 e. The van der Waals surface area contributed by atoms with E-state index in [2.05, 4.69) is 15.2 Å². The highest BCUT2D eigenvalue weighted by molar-refractivity contribution is 7.89. The van der Waals surface area contributed by atoms with Crippen LogP contribution in [0.5, 0.6) is 5.75 Å². The number of carbonyl (C=O) groups is 1. The number of rotatable bonds is 6. The number of methoxy groups -OCH3 is 1. The summed E-state index contributed by atoms with van der Waals surface area (Å²) in [4.78, 5) is 15.2. The van der Waals surface area contributed by atoms with Gasteiger partial charge in [0.15, 0.2) is 11.3 Å². The monoisotopic (exact) mass is 463 g/mol. The van der Waals surface area contributed by atoms with Crippen molar-refractivity contribution in [2.24, 2.45) is 5.10 Å². The van der Waals surface area contributed by atoms with E-state index in [1.54, 1.807) is 60.7 Å². The SMILES string of the molecule is COc1cccc2cc(C(=O)Nc3ccccc3)/c(=N\NS(=O)(=O)c3ccc(C)cc3)oc12. The molecule has 1 heterocycles. The number of nitrogens with zero attached hydrogens (tertiary/aromatic N) is 1. The molecule has 0 saturated carbocycles. The molecule has 2 N–H and O–H groups in total. The highest BCUT2D eigenvalue weighted by Crippen LogP contribution is 2.24. The minimum atomic E-state index is -3.99. The van der Waals surface area contributed by atoms with E-state index in [1.165, 1.54) is 19.2 Å². The van der Waals surface area contributed by atoms with Gasteiger partial charge in [-0.15, -0.1) is 5.10 Å². The van der Waals surface area contributed by atoms with E-state index in [9.17, 15) is 13.2 Å². The molecule has 33 heavy (non-hydrogen) atoms. The first kappa shape index (κ1) is 22.1. The lowest BCUT2D eigenvalue weighted by Gasteiger charge is -2.09. The summed E-state index contributed by atoms with van der Waals surface area (Å²) in [7, 11) is -2.50. The molecule has 0 spiro atoms. The lowest BCUT2D eigenvalue weighted by atomic mass is 10.1. The van der Waals surface area contributed by atoms with Crippen LogP contribution in [-0.2, 0) is 10.0 Å². The number of sulfonamides is 1. The van der Waals surface area contributed by atoms with Gasteiger partial charge in [0.25, 0.3) is 15.9 Å². The van der Waals surface area contributed by atoms with Crippen molar-refractivity contribution in [3.63, 3.8) is 0 Å². The van der Waals surface area contributed by atoms with Crippen molar-refractivity contribution in [1.82, 2.24) is 4.83 Å². The summed E-state index contributed by atoms with van der Waals surface area (Å²) < 4.78 is 36.6. The summed E-state index contributed by atoms with van der Waals surface area (Å²) in [6, 6.07) is 21.9. The third-order valence-electron chi connectivity index (χ3n) is 4.83. The predicted octanol–water partition coefficient (Wildman–Crippen LogP) is 3.80. The normalized spacial score (nSPS) is 11.9. The number of fused-ring (bicyclic) bond motifs is 1. The maximum absolute atomic E-state index is 13.0. The van der Waals surface area contributed by atoms with Crippen LogP contribution >= 0.6 is 0 Å². The van der Waals surface area contributed by atoms with Crippen molar-refractivity contribution < 1.29 is 22.4 Å². The first-order chi connectivity index (χ1) is 15.9. The number of amides is 1. The van der Waals surface area contributed by atoms with Crippen LogP contribution in [0.25, 0.3) is 11.0 Å². The van der Waals surface area contributed by atoms with Crippen LogP contribution in [0.1, 0.15) is 15.9 Å². The summed E-state index contributed by atoms with van der Waals surface area (Å²) in [6.45, 7) is 1.85. The third-order valence-corrected chi connectivity index (χ3v) is 6.06. The molecule has 0 bridgehead atoms.